The first-order chi connectivity index (χ1) is 9.43. The lowest BCUT2D eigenvalue weighted by atomic mass is 10.1. The summed E-state index contributed by atoms with van der Waals surface area (Å²) >= 11 is 0. The Morgan fingerprint density at radius 2 is 2.05 bits per heavy atom. The molecule has 1 aromatic carbocycles. The fraction of sp³-hybridized carbons (Fsp3) is 0.600. The third-order valence-electron chi connectivity index (χ3n) is 2.86. The fourth-order valence-electron chi connectivity index (χ4n) is 2.13. The Kier molecular flexibility index (Phi) is 6.28. The molecule has 0 bridgehead atoms. The molecule has 0 aliphatic rings. The summed E-state index contributed by atoms with van der Waals surface area (Å²) < 4.78 is 5.47. The van der Waals surface area contributed by atoms with Gasteiger partial charge in [-0.15, -0.1) is 0 Å². The van der Waals surface area contributed by atoms with E-state index < -0.39 is 4.92 Å². The summed E-state index contributed by atoms with van der Waals surface area (Å²) in [5.41, 5.74) is 0.871. The maximum atomic E-state index is 11.0. The van der Waals surface area contributed by atoms with Crippen molar-refractivity contribution in [2.75, 3.05) is 11.9 Å². The van der Waals surface area contributed by atoms with Crippen LogP contribution < -0.4 is 10.1 Å². The molecule has 0 radical (unpaired) electrons. The van der Waals surface area contributed by atoms with Crippen LogP contribution in [0.3, 0.4) is 0 Å². The van der Waals surface area contributed by atoms with Crippen LogP contribution >= 0.6 is 0 Å². The van der Waals surface area contributed by atoms with Gasteiger partial charge in [-0.3, -0.25) is 10.1 Å². The molecule has 112 valence electrons. The average Bonchev–Trinajstić information content (AvgIpc) is 2.35. The second kappa shape index (κ2) is 7.72. The molecule has 0 spiro atoms. The summed E-state index contributed by atoms with van der Waals surface area (Å²) in [5.74, 6) is 0.935. The van der Waals surface area contributed by atoms with Crippen LogP contribution in [-0.2, 0) is 0 Å². The molecule has 1 atom stereocenters. The molecule has 0 amide bonds. The Bertz CT molecular complexity index is 447. The summed E-state index contributed by atoms with van der Waals surface area (Å²) in [6, 6.07) is 5.25. The van der Waals surface area contributed by atoms with Gasteiger partial charge in [0.05, 0.1) is 11.5 Å². The first-order valence-electron chi connectivity index (χ1n) is 7.11. The first kappa shape index (κ1) is 16.3. The van der Waals surface area contributed by atoms with Crippen LogP contribution in [0.25, 0.3) is 0 Å². The van der Waals surface area contributed by atoms with Crippen molar-refractivity contribution in [2.24, 2.45) is 5.92 Å². The van der Waals surface area contributed by atoms with Crippen molar-refractivity contribution in [3.05, 3.63) is 28.3 Å². The quantitative estimate of drug-likeness (QED) is 0.571. The molecule has 5 heteroatoms. The third kappa shape index (κ3) is 5.07. The zero-order chi connectivity index (χ0) is 15.1. The number of nitrogens with zero attached hydrogens (tertiary/aromatic N) is 1. The molecule has 1 aromatic rings. The smallest absolute Gasteiger partial charge is 0.311 e. The van der Waals surface area contributed by atoms with E-state index in [1.54, 1.807) is 12.1 Å². The lowest BCUT2D eigenvalue weighted by Gasteiger charge is -2.17. The van der Waals surface area contributed by atoms with E-state index in [9.17, 15) is 10.1 Å². The lowest BCUT2D eigenvalue weighted by molar-refractivity contribution is -0.385. The fourth-order valence-corrected chi connectivity index (χ4v) is 2.13. The van der Waals surface area contributed by atoms with Gasteiger partial charge >= 0.3 is 5.69 Å². The second-order valence-corrected chi connectivity index (χ2v) is 5.46. The van der Waals surface area contributed by atoms with Gasteiger partial charge in [-0.25, -0.2) is 0 Å². The predicted molar refractivity (Wildman–Crippen MR) is 81.4 cm³/mol. The van der Waals surface area contributed by atoms with Crippen molar-refractivity contribution in [2.45, 2.75) is 46.6 Å². The van der Waals surface area contributed by atoms with Crippen LogP contribution in [0.2, 0.25) is 0 Å². The van der Waals surface area contributed by atoms with Gasteiger partial charge in [-0.05, 0) is 31.7 Å². The minimum atomic E-state index is -0.410. The largest absolute Gasteiger partial charge is 0.487 e. The van der Waals surface area contributed by atoms with Crippen molar-refractivity contribution in [3.63, 3.8) is 0 Å². The molecule has 5 nitrogen and oxygen atoms in total. The Morgan fingerprint density at radius 1 is 1.35 bits per heavy atom. The zero-order valence-corrected chi connectivity index (χ0v) is 12.7. The van der Waals surface area contributed by atoms with E-state index in [-0.39, 0.29) is 5.69 Å². The molecule has 0 fully saturated rings. The maximum absolute atomic E-state index is 11.0. The highest BCUT2D eigenvalue weighted by molar-refractivity contribution is 5.58. The van der Waals surface area contributed by atoms with Gasteiger partial charge in [0.1, 0.15) is 0 Å². The number of hydrogen-bond donors (Lipinski definition) is 1. The summed E-state index contributed by atoms with van der Waals surface area (Å²) in [4.78, 5) is 10.6. The van der Waals surface area contributed by atoms with E-state index >= 15 is 0 Å². The average molecular weight is 280 g/mol. The Balaban J connectivity index is 2.85. The van der Waals surface area contributed by atoms with Gasteiger partial charge in [0, 0.05) is 23.9 Å². The summed E-state index contributed by atoms with van der Waals surface area (Å²) in [6.07, 6.45) is 1.86. The highest BCUT2D eigenvalue weighted by atomic mass is 16.6. The molecule has 0 saturated heterocycles. The van der Waals surface area contributed by atoms with Crippen molar-refractivity contribution in [1.29, 1.82) is 0 Å². The van der Waals surface area contributed by atoms with Gasteiger partial charge in [-0.2, -0.15) is 0 Å². The van der Waals surface area contributed by atoms with E-state index in [4.69, 9.17) is 4.74 Å². The zero-order valence-electron chi connectivity index (χ0n) is 12.7. The second-order valence-electron chi connectivity index (χ2n) is 5.46. The van der Waals surface area contributed by atoms with Gasteiger partial charge in [0.25, 0.3) is 0 Å². The van der Waals surface area contributed by atoms with Crippen molar-refractivity contribution >= 4 is 11.4 Å². The highest BCUT2D eigenvalue weighted by Crippen LogP contribution is 2.30. The van der Waals surface area contributed by atoms with Crippen LogP contribution in [0, 0.1) is 16.0 Å². The van der Waals surface area contributed by atoms with Crippen molar-refractivity contribution in [3.8, 4) is 5.75 Å². The van der Waals surface area contributed by atoms with E-state index in [2.05, 4.69) is 26.1 Å². The number of nitro groups is 1. The number of nitrogens with one attached hydrogen (secondary N) is 1. The van der Waals surface area contributed by atoms with E-state index in [1.807, 2.05) is 6.92 Å². The molecular formula is C15H24N2O3. The SMILES string of the molecule is CCCOc1cc(NC(C)CC(C)C)ccc1[N+](=O)[O-]. The van der Waals surface area contributed by atoms with E-state index in [0.717, 1.165) is 18.5 Å². The third-order valence-corrected chi connectivity index (χ3v) is 2.86. The molecule has 1 unspecified atom stereocenters. The molecule has 20 heavy (non-hydrogen) atoms. The Hall–Kier alpha value is -1.78. The molecule has 0 aliphatic heterocycles. The number of anilines is 1. The maximum Gasteiger partial charge on any atom is 0.311 e. The van der Waals surface area contributed by atoms with Gasteiger partial charge < -0.3 is 10.1 Å². The Labute approximate surface area is 120 Å². The molecular weight excluding hydrogens is 256 g/mol. The number of hydrogen-bond acceptors (Lipinski definition) is 4. The number of nitro benzene ring substituents is 1. The standard InChI is InChI=1S/C15H24N2O3/c1-5-8-20-15-10-13(6-7-14(15)17(18)19)16-12(4)9-11(2)3/h6-7,10-12,16H,5,8-9H2,1-4H3. The number of rotatable bonds is 8. The minimum absolute atomic E-state index is 0.0144. The van der Waals surface area contributed by atoms with Crippen molar-refractivity contribution < 1.29 is 9.66 Å². The monoisotopic (exact) mass is 280 g/mol. The molecule has 0 heterocycles. The lowest BCUT2D eigenvalue weighted by Crippen LogP contribution is -2.17. The van der Waals surface area contributed by atoms with Crippen LogP contribution in [0.5, 0.6) is 5.75 Å². The predicted octanol–water partition coefficient (Wildman–Crippen LogP) is 4.23. The normalized spacial score (nSPS) is 12.2. The molecule has 0 aromatic heterocycles. The summed E-state index contributed by atoms with van der Waals surface area (Å²) in [7, 11) is 0. The molecule has 0 saturated carbocycles. The van der Waals surface area contributed by atoms with Crippen LogP contribution in [0.4, 0.5) is 11.4 Å². The minimum Gasteiger partial charge on any atom is -0.487 e. The van der Waals surface area contributed by atoms with Crippen LogP contribution in [0.1, 0.15) is 40.5 Å². The van der Waals surface area contributed by atoms with Crippen molar-refractivity contribution in [1.82, 2.24) is 0 Å². The van der Waals surface area contributed by atoms with Crippen LogP contribution in [0.15, 0.2) is 18.2 Å². The van der Waals surface area contributed by atoms with Gasteiger partial charge in [0.2, 0.25) is 0 Å². The topological polar surface area (TPSA) is 64.4 Å². The summed E-state index contributed by atoms with van der Waals surface area (Å²) in [6.45, 7) is 8.89. The van der Waals surface area contributed by atoms with Gasteiger partial charge in [-0.1, -0.05) is 20.8 Å². The van der Waals surface area contributed by atoms with Crippen LogP contribution in [-0.4, -0.2) is 17.6 Å². The number of ether oxygens (including phenoxy) is 1. The van der Waals surface area contributed by atoms with Gasteiger partial charge in [0.15, 0.2) is 5.75 Å². The summed E-state index contributed by atoms with van der Waals surface area (Å²) in [5, 5.41) is 14.3. The molecule has 0 aliphatic carbocycles. The highest BCUT2D eigenvalue weighted by Gasteiger charge is 2.16. The molecule has 1 N–H and O–H groups in total. The van der Waals surface area contributed by atoms with E-state index in [1.165, 1.54) is 6.07 Å². The first-order valence-corrected chi connectivity index (χ1v) is 7.11. The number of benzene rings is 1. The molecule has 1 rings (SSSR count). The Morgan fingerprint density at radius 3 is 2.60 bits per heavy atom. The van der Waals surface area contributed by atoms with E-state index in [0.29, 0.717) is 24.3 Å².